The number of hydrogen-bond acceptors (Lipinski definition) is 19. The molecular formula is C110H148ClNO16S4. The maximum atomic E-state index is 12.2. The van der Waals surface area contributed by atoms with E-state index < -0.39 is 40.3 Å². The lowest BCUT2D eigenvalue weighted by atomic mass is 9.83. The third-order valence-electron chi connectivity index (χ3n) is 18.6. The predicted octanol–water partition coefficient (Wildman–Crippen LogP) is 30.8. The molecule has 3 heterocycles. The quantitative estimate of drug-likeness (QED) is 0.00675. The Morgan fingerprint density at radius 3 is 1.28 bits per heavy atom. The number of ketones is 3. The molecule has 1 fully saturated rings. The second-order valence-electron chi connectivity index (χ2n) is 38.3. The van der Waals surface area contributed by atoms with Crippen molar-refractivity contribution < 1.29 is 77.4 Å². The second kappa shape index (κ2) is 59.5. The van der Waals surface area contributed by atoms with Crippen molar-refractivity contribution in [2.45, 2.75) is 267 Å². The zero-order valence-electron chi connectivity index (χ0n) is 83.1. The van der Waals surface area contributed by atoms with E-state index in [4.69, 9.17) is 35.7 Å². The van der Waals surface area contributed by atoms with E-state index in [-0.39, 0.29) is 73.2 Å². The van der Waals surface area contributed by atoms with Crippen molar-refractivity contribution in [3.05, 3.63) is 278 Å². The van der Waals surface area contributed by atoms with E-state index in [0.717, 1.165) is 72.3 Å². The highest BCUT2D eigenvalue weighted by Gasteiger charge is 2.32. The first kappa shape index (κ1) is 120. The summed E-state index contributed by atoms with van der Waals surface area (Å²) in [5, 5.41) is 30.8. The van der Waals surface area contributed by atoms with Crippen molar-refractivity contribution in [1.82, 2.24) is 5.32 Å². The molecule has 0 radical (unpaired) electrons. The minimum atomic E-state index is -1.11. The van der Waals surface area contributed by atoms with E-state index in [2.05, 4.69) is 127 Å². The van der Waals surface area contributed by atoms with Crippen molar-refractivity contribution >= 4 is 120 Å². The molecule has 4 N–H and O–H groups in total. The number of imide groups is 1. The predicted molar refractivity (Wildman–Crippen MR) is 555 cm³/mol. The number of amides is 2. The average molecular weight is 1900 g/mol. The number of aromatic hydroxyl groups is 2. The van der Waals surface area contributed by atoms with Crippen LogP contribution in [-0.2, 0) is 23.9 Å². The van der Waals surface area contributed by atoms with Crippen LogP contribution in [-0.4, -0.2) is 84.5 Å². The van der Waals surface area contributed by atoms with Gasteiger partial charge in [0.1, 0.15) is 68.4 Å². The van der Waals surface area contributed by atoms with Crippen LogP contribution in [0.4, 0.5) is 0 Å². The van der Waals surface area contributed by atoms with E-state index >= 15 is 0 Å². The molecule has 0 unspecified atom stereocenters. The fourth-order valence-corrected chi connectivity index (χ4v) is 15.7. The fraction of sp³-hybridized carbons (Fsp3) is 0.427. The average Bonchev–Trinajstić information content (AvgIpc) is 1.20. The molecule has 720 valence electrons. The normalized spacial score (nSPS) is 13.3. The molecular weight excluding hydrogens is 1750 g/mol. The molecule has 2 amide bonds. The Balaban J connectivity index is 0.000000762. The zero-order valence-corrected chi connectivity index (χ0v) is 87.1. The summed E-state index contributed by atoms with van der Waals surface area (Å²) >= 11 is 8.44. The van der Waals surface area contributed by atoms with E-state index in [1.165, 1.54) is 84.1 Å². The van der Waals surface area contributed by atoms with Gasteiger partial charge in [-0.15, -0.1) is 22.7 Å². The number of nitrogens with one attached hydrogen (secondary N) is 1. The number of unbranched alkanes of at least 4 members (excludes halogenated alkanes) is 1. The van der Waals surface area contributed by atoms with Crippen LogP contribution in [0.2, 0.25) is 4.34 Å². The van der Waals surface area contributed by atoms with Gasteiger partial charge in [0.25, 0.3) is 5.91 Å². The molecule has 8 rings (SSSR count). The Morgan fingerprint density at radius 1 is 0.470 bits per heavy atom. The van der Waals surface area contributed by atoms with Crippen LogP contribution in [0.1, 0.15) is 317 Å². The number of phenols is 2. The van der Waals surface area contributed by atoms with Crippen LogP contribution >= 0.6 is 55.9 Å². The molecule has 22 heteroatoms. The molecule has 2 aromatic heterocycles. The number of esters is 3. The van der Waals surface area contributed by atoms with E-state index in [1.54, 1.807) is 126 Å². The van der Waals surface area contributed by atoms with Crippen molar-refractivity contribution in [1.29, 1.82) is 0 Å². The number of carboxylic acids is 1. The van der Waals surface area contributed by atoms with E-state index in [0.29, 0.717) is 54.8 Å². The van der Waals surface area contributed by atoms with Gasteiger partial charge in [-0.05, 0) is 210 Å². The lowest BCUT2D eigenvalue weighted by Crippen LogP contribution is -2.38. The SMILES string of the molecule is C/C=C\C/C=C\C/C=C\CC.C=C(OC(C)(C)C)c1ccccc1OC(=O)c1ccccc1O.C=C(c1ccccc1OC(=O)c1ccccc1O)C(C)(C)C.CC(C)(C)C(=O)CCCC[C@]1(C)CCSS1.CC(C)(C)C(=O)Oc1ccccc1C(=O)O.CC(C)(C)C(=O)c1ccc(Cl)s1.CC/C=C\C/C=C\C/C=C\CC(=O)C(C)(C)C.Cc1ccc(C(=O)NC(=O)C(C)(C)C)s1. The fourth-order valence-electron chi connectivity index (χ4n) is 10.5. The van der Waals surface area contributed by atoms with Crippen LogP contribution in [0, 0.1) is 39.4 Å². The third kappa shape index (κ3) is 50.1. The van der Waals surface area contributed by atoms with Gasteiger partial charge in [-0.2, -0.15) is 0 Å². The smallest absolute Gasteiger partial charge is 0.347 e. The van der Waals surface area contributed by atoms with Crippen molar-refractivity contribution in [3.8, 4) is 28.7 Å². The molecule has 0 spiro atoms. The number of thiophene rings is 2. The molecule has 5 aromatic carbocycles. The summed E-state index contributed by atoms with van der Waals surface area (Å²) in [7, 11) is 4.04. The number of ether oxygens (including phenoxy) is 4. The van der Waals surface area contributed by atoms with Crippen LogP contribution in [0.15, 0.2) is 232 Å². The first-order valence-electron chi connectivity index (χ1n) is 44.6. The van der Waals surface area contributed by atoms with Gasteiger partial charge in [-0.1, -0.05) is 310 Å². The topological polar surface area (TPSA) is 263 Å². The summed E-state index contributed by atoms with van der Waals surface area (Å²) < 4.78 is 22.8. The number of carbonyl (C=O) groups excluding carboxylic acids is 8. The Morgan fingerprint density at radius 2 is 0.894 bits per heavy atom. The van der Waals surface area contributed by atoms with E-state index in [1.807, 2.05) is 149 Å². The van der Waals surface area contributed by atoms with Gasteiger partial charge in [0.05, 0.1) is 25.1 Å². The van der Waals surface area contributed by atoms with Gasteiger partial charge in [-0.3, -0.25) is 34.1 Å². The summed E-state index contributed by atoms with van der Waals surface area (Å²) in [6.45, 7) is 58.6. The lowest BCUT2D eigenvalue weighted by molar-refractivity contribution is -0.143. The second-order valence-corrected chi connectivity index (χ2v) is 44.3. The molecule has 0 saturated carbocycles. The number of carbonyl (C=O) groups is 9. The summed E-state index contributed by atoms with van der Waals surface area (Å²) in [6, 6.07) is 40.0. The number of aryl methyl sites for hydroxylation is 1. The highest BCUT2D eigenvalue weighted by Crippen LogP contribution is 2.49. The number of Topliss-reactive ketones (excluding diaryl/α,β-unsaturated/α-hetero) is 3. The number of allylic oxidation sites excluding steroid dienone is 13. The number of halogens is 1. The Kier molecular flexibility index (Phi) is 54.0. The first-order valence-corrected chi connectivity index (χ1v) is 48.9. The van der Waals surface area contributed by atoms with Gasteiger partial charge in [0.15, 0.2) is 5.78 Å². The Hall–Kier alpha value is -10.2. The third-order valence-corrected chi connectivity index (χ3v) is 24.2. The van der Waals surface area contributed by atoms with Crippen LogP contribution in [0.25, 0.3) is 11.3 Å². The number of aromatic carboxylic acids is 1. The molecule has 1 aliphatic rings. The highest BCUT2D eigenvalue weighted by molar-refractivity contribution is 8.77. The first-order chi connectivity index (χ1) is 61.3. The van der Waals surface area contributed by atoms with Crippen molar-refractivity contribution in [2.24, 2.45) is 32.5 Å². The lowest BCUT2D eigenvalue weighted by Gasteiger charge is -2.23. The summed E-state index contributed by atoms with van der Waals surface area (Å²) in [6.07, 6.45) is 38.2. The van der Waals surface area contributed by atoms with Gasteiger partial charge >= 0.3 is 23.9 Å². The largest absolute Gasteiger partial charge is 0.507 e. The maximum Gasteiger partial charge on any atom is 0.347 e. The number of hydrogen-bond donors (Lipinski definition) is 4. The van der Waals surface area contributed by atoms with Crippen LogP contribution in [0.3, 0.4) is 0 Å². The van der Waals surface area contributed by atoms with Crippen LogP contribution < -0.4 is 19.5 Å². The number of para-hydroxylation sites is 5. The monoisotopic (exact) mass is 1900 g/mol. The van der Waals surface area contributed by atoms with Crippen molar-refractivity contribution in [3.63, 3.8) is 0 Å². The Labute approximate surface area is 810 Å². The highest BCUT2D eigenvalue weighted by atomic mass is 35.5. The van der Waals surface area contributed by atoms with Gasteiger partial charge in [0.2, 0.25) is 5.91 Å². The summed E-state index contributed by atoms with van der Waals surface area (Å²) in [4.78, 5) is 107. The minimum absolute atomic E-state index is 0.0138. The molecule has 7 aromatic rings. The van der Waals surface area contributed by atoms with E-state index in [9.17, 15) is 53.4 Å². The number of carboxylic acid groups (broad SMARTS) is 1. The zero-order chi connectivity index (χ0) is 100. The number of phenolic OH excluding ortho intramolecular Hbond substituents is 2. The Bertz CT molecular complexity index is 5010. The maximum absolute atomic E-state index is 12.2. The number of rotatable bonds is 28. The summed E-state index contributed by atoms with van der Waals surface area (Å²) in [5.74, 6) is -0.175. The molecule has 0 bridgehead atoms. The number of benzene rings is 5. The van der Waals surface area contributed by atoms with Crippen molar-refractivity contribution in [2.75, 3.05) is 5.75 Å². The molecule has 1 atom stereocenters. The molecule has 1 aliphatic heterocycles. The minimum Gasteiger partial charge on any atom is -0.507 e. The standard InChI is InChI=1S/C19H20O4.C19H20O3.C16H26O.C13H24OS2.C12H14O4.C11H15NO2S.C11H18.C9H11ClOS/c1-13(23-19(2,3)4)14-9-6-8-12-17(14)22-18(21)15-10-5-7-11-16(15)20;1-13(19(2,3)4)14-9-6-8-12-17(14)22-18(21)15-10-5-7-11-16(15)20;1-5-6-7-8-9-10-11-12-13-14-15(17)16(2,3)4;1-12(2,3)11(14)7-5-6-8-13(4)9-10-15-16-13;1-12(2,3)11(15)16-9-7-5-4-6-8(9)10(13)14;1-7-5-6-8(15-7)9(13)12-10(14)11(2,3)4;1-3-5-7-9-11-10-8-6-4-2;1-9(2,3)8(11)6-4-5-7(10)12-6/h5-12,20H,1H2,2-4H3;5-12,20H,1H2,2-4H3;6-7,9-10,12-13H,5,8,11,14H2,1-4H3;5-10H2,1-4H3;4-7H,1-3H3,(H,13,14);5-6H,1-4H3,(H,12,13,14);3,5-6,8-9,11H,4,7,10H2,1-2H3;4-5H,1-3H3/b;;7-6-,10-9-,13-12-;;;;5-3-,8-6-,11-9-;/t;;;13-;;;;/m...1..../s1. The van der Waals surface area contributed by atoms with Gasteiger partial charge < -0.3 is 34.3 Å². The van der Waals surface area contributed by atoms with Gasteiger partial charge in [0, 0.05) is 55.4 Å². The molecule has 132 heavy (non-hydrogen) atoms. The molecule has 1 saturated heterocycles. The van der Waals surface area contributed by atoms with Gasteiger partial charge in [-0.25, -0.2) is 14.4 Å². The summed E-state index contributed by atoms with van der Waals surface area (Å²) in [5.41, 5.74) is 0.0551. The molecule has 0 aliphatic carbocycles. The molecule has 17 nitrogen and oxygen atoms in total. The van der Waals surface area contributed by atoms with Crippen LogP contribution in [0.5, 0.6) is 28.7 Å².